The Morgan fingerprint density at radius 1 is 0.409 bits per heavy atom. The summed E-state index contributed by atoms with van der Waals surface area (Å²) in [6, 6.07) is 75.7. The van der Waals surface area contributed by atoms with Gasteiger partial charge in [-0.15, -0.1) is 0 Å². The summed E-state index contributed by atoms with van der Waals surface area (Å²) in [5.74, 6) is 0.585. The molecule has 2 aliphatic carbocycles. The molecule has 2 aliphatic rings. The van der Waals surface area contributed by atoms with E-state index >= 15 is 0 Å². The van der Waals surface area contributed by atoms with Gasteiger partial charge >= 0.3 is 0 Å². The molecule has 318 valence electrons. The van der Waals surface area contributed by atoms with Gasteiger partial charge in [0.1, 0.15) is 11.2 Å². The smallest absolute Gasteiger partial charge is 0.136 e. The Hall–Kier alpha value is -7.68. The number of rotatable bonds is 9. The molecule has 0 bridgehead atoms. The largest absolute Gasteiger partial charge is 0.456 e. The zero-order valence-corrected chi connectivity index (χ0v) is 37.2. The molecule has 1 aromatic heterocycles. The van der Waals surface area contributed by atoms with Crippen molar-refractivity contribution in [2.45, 2.75) is 50.9 Å². The third-order valence-electron chi connectivity index (χ3n) is 14.2. The van der Waals surface area contributed by atoms with E-state index in [0.717, 1.165) is 51.6 Å². The first-order valence-corrected chi connectivity index (χ1v) is 23.8. The number of nitrogens with zero attached hydrogens (tertiary/aromatic N) is 1. The molecule has 66 heavy (non-hydrogen) atoms. The highest BCUT2D eigenvalue weighted by Crippen LogP contribution is 2.47. The summed E-state index contributed by atoms with van der Waals surface area (Å²) in [4.78, 5) is 2.54. The molecule has 0 N–H and O–H groups in total. The zero-order chi connectivity index (χ0) is 43.8. The van der Waals surface area contributed by atoms with Crippen molar-refractivity contribution in [3.63, 3.8) is 0 Å². The van der Waals surface area contributed by atoms with Crippen LogP contribution in [0.25, 0.3) is 82.8 Å². The van der Waals surface area contributed by atoms with Gasteiger partial charge in [-0.3, -0.25) is 0 Å². The highest BCUT2D eigenvalue weighted by molar-refractivity contribution is 6.06. The monoisotopic (exact) mass is 849 g/mol. The van der Waals surface area contributed by atoms with E-state index in [4.69, 9.17) is 4.42 Å². The minimum absolute atomic E-state index is 0.585. The lowest BCUT2D eigenvalue weighted by molar-refractivity contribution is 0.445. The van der Waals surface area contributed by atoms with Crippen LogP contribution in [0, 0.1) is 0 Å². The molecule has 0 radical (unpaired) electrons. The minimum atomic E-state index is 0.585. The van der Waals surface area contributed by atoms with Crippen LogP contribution in [0.15, 0.2) is 229 Å². The maximum Gasteiger partial charge on any atom is 0.136 e. The molecule has 0 spiro atoms. The molecule has 1 heterocycles. The molecule has 0 saturated heterocycles. The lowest BCUT2D eigenvalue weighted by Crippen LogP contribution is -2.19. The van der Waals surface area contributed by atoms with Crippen LogP contribution >= 0.6 is 0 Å². The highest BCUT2D eigenvalue weighted by Gasteiger charge is 2.25. The van der Waals surface area contributed by atoms with Crippen LogP contribution < -0.4 is 4.90 Å². The highest BCUT2D eigenvalue weighted by atomic mass is 16.3. The van der Waals surface area contributed by atoms with Gasteiger partial charge in [-0.1, -0.05) is 189 Å². The fourth-order valence-electron chi connectivity index (χ4n) is 11.0. The summed E-state index contributed by atoms with van der Waals surface area (Å²) in [6.07, 6.45) is 13.0. The number of anilines is 2. The van der Waals surface area contributed by atoms with E-state index in [1.807, 2.05) is 6.07 Å². The lowest BCUT2D eigenvalue weighted by atomic mass is 9.80. The van der Waals surface area contributed by atoms with E-state index in [-0.39, 0.29) is 0 Å². The molecule has 1 saturated carbocycles. The van der Waals surface area contributed by atoms with Gasteiger partial charge in [0.15, 0.2) is 0 Å². The topological polar surface area (TPSA) is 16.4 Å². The summed E-state index contributed by atoms with van der Waals surface area (Å²) in [6.45, 7) is 0. The fraction of sp³-hybridized carbons (Fsp3) is 0.125. The van der Waals surface area contributed by atoms with Crippen molar-refractivity contribution >= 4 is 49.7 Å². The van der Waals surface area contributed by atoms with Crippen molar-refractivity contribution in [2.24, 2.45) is 0 Å². The quantitative estimate of drug-likeness (QED) is 0.144. The number of benzene rings is 9. The second-order valence-electron chi connectivity index (χ2n) is 18.1. The van der Waals surface area contributed by atoms with Gasteiger partial charge in [0.2, 0.25) is 0 Å². The van der Waals surface area contributed by atoms with E-state index in [1.165, 1.54) is 104 Å². The Kier molecular flexibility index (Phi) is 10.5. The van der Waals surface area contributed by atoms with Gasteiger partial charge in [0.25, 0.3) is 0 Å². The average Bonchev–Trinajstić information content (AvgIpc) is 3.78. The summed E-state index contributed by atoms with van der Waals surface area (Å²) in [5.41, 5.74) is 19.4. The van der Waals surface area contributed by atoms with Crippen molar-refractivity contribution < 1.29 is 4.42 Å². The normalized spacial score (nSPS) is 14.4. The summed E-state index contributed by atoms with van der Waals surface area (Å²) < 4.78 is 6.39. The molecule has 2 heteroatoms. The molecule has 9 aromatic carbocycles. The zero-order valence-electron chi connectivity index (χ0n) is 37.2. The Bertz CT molecular complexity index is 3450. The first kappa shape index (κ1) is 39.9. The standard InChI is InChI=1S/C64H51NO/c1-4-17-45(18-5-1)54-39-35-50(42-60(54)47-21-8-3-9-22-47)44-33-37-52(38-34-44)65(53-26-14-25-49(41-53)51-36-40-58-57-28-11-13-32-62(57)66-63(58)43-51)61-31-12-10-27-56(61)59-30-16-24-48-23-15-29-55(64(48)59)46-19-6-2-7-20-46/h1,3-5,8-18,21-33,35-37,39-43,46H,2,6-7,19-20,34,38H2. The molecule has 0 unspecified atom stereocenters. The van der Waals surface area contributed by atoms with Gasteiger partial charge in [0.05, 0.1) is 5.69 Å². The van der Waals surface area contributed by atoms with E-state index in [9.17, 15) is 0 Å². The Morgan fingerprint density at radius 2 is 1.08 bits per heavy atom. The van der Waals surface area contributed by atoms with Gasteiger partial charge in [0, 0.05) is 27.7 Å². The van der Waals surface area contributed by atoms with E-state index in [2.05, 4.69) is 217 Å². The third-order valence-corrected chi connectivity index (χ3v) is 14.2. The number of allylic oxidation sites excluding steroid dienone is 4. The van der Waals surface area contributed by atoms with E-state index < -0.39 is 0 Å². The van der Waals surface area contributed by atoms with Crippen LogP contribution in [0.3, 0.4) is 0 Å². The lowest BCUT2D eigenvalue weighted by Gasteiger charge is -2.32. The van der Waals surface area contributed by atoms with Crippen molar-refractivity contribution in [1.82, 2.24) is 0 Å². The predicted octanol–water partition coefficient (Wildman–Crippen LogP) is 18.4. The van der Waals surface area contributed by atoms with Crippen LogP contribution in [0.4, 0.5) is 11.4 Å². The van der Waals surface area contributed by atoms with Crippen molar-refractivity contribution in [3.05, 3.63) is 235 Å². The van der Waals surface area contributed by atoms with Gasteiger partial charge in [-0.25, -0.2) is 0 Å². The molecular formula is C64H51NO. The maximum absolute atomic E-state index is 6.39. The molecule has 0 amide bonds. The van der Waals surface area contributed by atoms with Crippen LogP contribution in [0.1, 0.15) is 62.0 Å². The first-order chi connectivity index (χ1) is 32.7. The summed E-state index contributed by atoms with van der Waals surface area (Å²) in [5, 5.41) is 5.01. The van der Waals surface area contributed by atoms with Crippen LogP contribution in [-0.2, 0) is 0 Å². The summed E-state index contributed by atoms with van der Waals surface area (Å²) >= 11 is 0. The Morgan fingerprint density at radius 3 is 1.89 bits per heavy atom. The Balaban J connectivity index is 1.00. The average molecular weight is 850 g/mol. The van der Waals surface area contributed by atoms with Crippen molar-refractivity contribution in [1.29, 1.82) is 0 Å². The van der Waals surface area contributed by atoms with E-state index in [1.54, 1.807) is 0 Å². The SMILES string of the molecule is C1=C(c2ccc(-c3ccccc3)c(-c3ccccc3)c2)CCC(N(c2cccc(-c3ccc4c(c3)oc3ccccc34)c2)c2ccccc2-c2cccc3cccc(C4CCCCC4)c23)=C1. The van der Waals surface area contributed by atoms with Crippen LogP contribution in [0.2, 0.25) is 0 Å². The maximum atomic E-state index is 6.39. The number of para-hydroxylation sites is 2. The van der Waals surface area contributed by atoms with Gasteiger partial charge in [-0.05, 0) is 147 Å². The number of furan rings is 1. The second-order valence-corrected chi connectivity index (χ2v) is 18.1. The molecule has 2 nitrogen and oxygen atoms in total. The Labute approximate surface area is 387 Å². The molecule has 0 aliphatic heterocycles. The number of hydrogen-bond donors (Lipinski definition) is 0. The van der Waals surface area contributed by atoms with Gasteiger partial charge in [-0.2, -0.15) is 0 Å². The van der Waals surface area contributed by atoms with Crippen LogP contribution in [-0.4, -0.2) is 0 Å². The molecule has 0 atom stereocenters. The molecule has 12 rings (SSSR count). The minimum Gasteiger partial charge on any atom is -0.456 e. The van der Waals surface area contributed by atoms with E-state index in [0.29, 0.717) is 5.92 Å². The predicted molar refractivity (Wildman–Crippen MR) is 279 cm³/mol. The number of fused-ring (bicyclic) bond motifs is 4. The second kappa shape index (κ2) is 17.4. The fourth-order valence-corrected chi connectivity index (χ4v) is 11.0. The number of hydrogen-bond acceptors (Lipinski definition) is 2. The third kappa shape index (κ3) is 7.43. The molecule has 10 aromatic rings. The molecule has 1 fully saturated rings. The van der Waals surface area contributed by atoms with Crippen LogP contribution in [0.5, 0.6) is 0 Å². The van der Waals surface area contributed by atoms with Crippen molar-refractivity contribution in [3.8, 4) is 44.5 Å². The van der Waals surface area contributed by atoms with Gasteiger partial charge < -0.3 is 9.32 Å². The molecular weight excluding hydrogens is 799 g/mol. The summed E-state index contributed by atoms with van der Waals surface area (Å²) in [7, 11) is 0. The van der Waals surface area contributed by atoms with Crippen molar-refractivity contribution in [2.75, 3.05) is 4.90 Å². The first-order valence-electron chi connectivity index (χ1n) is 23.8.